The van der Waals surface area contributed by atoms with Crippen LogP contribution in [0.3, 0.4) is 0 Å². The van der Waals surface area contributed by atoms with E-state index in [1.54, 1.807) is 0 Å². The van der Waals surface area contributed by atoms with Crippen LogP contribution in [0.2, 0.25) is 0 Å². The number of para-hydroxylation sites is 1. The molecule has 0 unspecified atom stereocenters. The van der Waals surface area contributed by atoms with E-state index < -0.39 is 0 Å². The molecule has 1 aromatic heterocycles. The van der Waals surface area contributed by atoms with Gasteiger partial charge >= 0.3 is 0 Å². The molecule has 1 atom stereocenters. The Kier molecular flexibility index (Phi) is 5.48. The third kappa shape index (κ3) is 3.69. The number of hydrogen-bond donors (Lipinski definition) is 0. The van der Waals surface area contributed by atoms with Crippen LogP contribution in [0.25, 0.3) is 0 Å². The molecular formula is C22H24N4OS. The Hall–Kier alpha value is -2.60. The summed E-state index contributed by atoms with van der Waals surface area (Å²) in [5.74, 6) is 1.06. The number of fused-ring (bicyclic) bond motifs is 1. The maximum absolute atomic E-state index is 13.1. The van der Waals surface area contributed by atoms with E-state index in [-0.39, 0.29) is 11.2 Å². The van der Waals surface area contributed by atoms with E-state index in [4.69, 9.17) is 0 Å². The Balaban J connectivity index is 1.49. The maximum Gasteiger partial charge on any atom is 0.240 e. The second-order valence-corrected chi connectivity index (χ2v) is 8.24. The van der Waals surface area contributed by atoms with Crippen molar-refractivity contribution >= 4 is 23.4 Å². The van der Waals surface area contributed by atoms with Crippen LogP contribution in [0.1, 0.15) is 30.8 Å². The van der Waals surface area contributed by atoms with Gasteiger partial charge in [0.05, 0.1) is 5.25 Å². The molecule has 2 heterocycles. The van der Waals surface area contributed by atoms with Gasteiger partial charge in [-0.15, -0.1) is 10.2 Å². The summed E-state index contributed by atoms with van der Waals surface area (Å²) < 4.78 is 2.11. The zero-order valence-electron chi connectivity index (χ0n) is 16.2. The largest absolute Gasteiger partial charge is 0.311 e. The smallest absolute Gasteiger partial charge is 0.240 e. The maximum atomic E-state index is 13.1. The van der Waals surface area contributed by atoms with Crippen molar-refractivity contribution in [3.8, 4) is 0 Å². The Morgan fingerprint density at radius 1 is 1.11 bits per heavy atom. The molecule has 0 radical (unpaired) electrons. The normalized spacial score (nSPS) is 14.1. The number of amides is 1. The number of benzene rings is 2. The van der Waals surface area contributed by atoms with Crippen molar-refractivity contribution in [2.45, 2.75) is 43.6 Å². The van der Waals surface area contributed by atoms with Gasteiger partial charge in [0.25, 0.3) is 0 Å². The fourth-order valence-corrected chi connectivity index (χ4v) is 4.62. The highest BCUT2D eigenvalue weighted by atomic mass is 32.2. The molecule has 2 aromatic carbocycles. The number of anilines is 1. The summed E-state index contributed by atoms with van der Waals surface area (Å²) in [6, 6.07) is 18.4. The number of rotatable bonds is 6. The molecule has 1 aliphatic heterocycles. The van der Waals surface area contributed by atoms with E-state index in [9.17, 15) is 4.79 Å². The summed E-state index contributed by atoms with van der Waals surface area (Å²) in [6.45, 7) is 5.58. The second kappa shape index (κ2) is 8.19. The summed E-state index contributed by atoms with van der Waals surface area (Å²) in [4.78, 5) is 15.0. The first-order chi connectivity index (χ1) is 13.7. The van der Waals surface area contributed by atoms with Crippen molar-refractivity contribution in [2.24, 2.45) is 0 Å². The lowest BCUT2D eigenvalue weighted by Crippen LogP contribution is -2.35. The van der Waals surface area contributed by atoms with Crippen molar-refractivity contribution in [2.75, 3.05) is 11.4 Å². The molecule has 4 rings (SSSR count). The molecule has 0 spiro atoms. The van der Waals surface area contributed by atoms with Crippen LogP contribution in [-0.4, -0.2) is 32.5 Å². The molecular weight excluding hydrogens is 368 g/mol. The van der Waals surface area contributed by atoms with E-state index in [1.807, 2.05) is 48.2 Å². The molecule has 1 aliphatic rings. The van der Waals surface area contributed by atoms with Crippen molar-refractivity contribution in [3.05, 3.63) is 71.5 Å². The van der Waals surface area contributed by atoms with Crippen LogP contribution >= 0.6 is 11.8 Å². The second-order valence-electron chi connectivity index (χ2n) is 6.93. The van der Waals surface area contributed by atoms with E-state index in [0.29, 0.717) is 0 Å². The first kappa shape index (κ1) is 18.7. The molecule has 6 heteroatoms. The van der Waals surface area contributed by atoms with Crippen molar-refractivity contribution in [3.63, 3.8) is 0 Å². The first-order valence-electron chi connectivity index (χ1n) is 9.69. The number of carbonyl (C=O) groups is 1. The zero-order chi connectivity index (χ0) is 19.5. The SMILES string of the molecule is CCn1c(Cc2ccccc2)nnc1S[C@H](C)C(=O)N1CCc2ccccc21. The van der Waals surface area contributed by atoms with E-state index in [0.717, 1.165) is 42.6 Å². The summed E-state index contributed by atoms with van der Waals surface area (Å²) in [5.41, 5.74) is 3.50. The number of carbonyl (C=O) groups excluding carboxylic acids is 1. The van der Waals surface area contributed by atoms with E-state index in [1.165, 1.54) is 22.9 Å². The lowest BCUT2D eigenvalue weighted by atomic mass is 10.1. The molecule has 1 amide bonds. The lowest BCUT2D eigenvalue weighted by molar-refractivity contribution is -0.117. The van der Waals surface area contributed by atoms with Gasteiger partial charge in [-0.2, -0.15) is 0 Å². The number of nitrogens with zero attached hydrogens (tertiary/aromatic N) is 4. The van der Waals surface area contributed by atoms with Gasteiger partial charge in [0.15, 0.2) is 5.16 Å². The topological polar surface area (TPSA) is 51.0 Å². The highest BCUT2D eigenvalue weighted by molar-refractivity contribution is 8.00. The molecule has 0 aliphatic carbocycles. The summed E-state index contributed by atoms with van der Waals surface area (Å²) in [6.07, 6.45) is 1.66. The van der Waals surface area contributed by atoms with Crippen LogP contribution in [0.15, 0.2) is 59.8 Å². The van der Waals surface area contributed by atoms with Crippen LogP contribution in [0.5, 0.6) is 0 Å². The number of thioether (sulfide) groups is 1. The lowest BCUT2D eigenvalue weighted by Gasteiger charge is -2.21. The molecule has 28 heavy (non-hydrogen) atoms. The first-order valence-corrected chi connectivity index (χ1v) is 10.6. The van der Waals surface area contributed by atoms with Gasteiger partial charge in [0.2, 0.25) is 5.91 Å². The van der Waals surface area contributed by atoms with Crippen molar-refractivity contribution in [1.82, 2.24) is 14.8 Å². The summed E-state index contributed by atoms with van der Waals surface area (Å²) in [5, 5.41) is 9.37. The number of hydrogen-bond acceptors (Lipinski definition) is 4. The van der Waals surface area contributed by atoms with E-state index in [2.05, 4.69) is 39.9 Å². The molecule has 0 saturated heterocycles. The molecule has 144 valence electrons. The van der Waals surface area contributed by atoms with Gasteiger partial charge < -0.3 is 9.47 Å². The summed E-state index contributed by atoms with van der Waals surface area (Å²) in [7, 11) is 0. The van der Waals surface area contributed by atoms with Crippen molar-refractivity contribution < 1.29 is 4.79 Å². The fourth-order valence-electron chi connectivity index (χ4n) is 3.63. The monoisotopic (exact) mass is 392 g/mol. The Labute approximate surface area is 169 Å². The molecule has 5 nitrogen and oxygen atoms in total. The van der Waals surface area contributed by atoms with Gasteiger partial charge in [-0.25, -0.2) is 0 Å². The van der Waals surface area contributed by atoms with Gasteiger partial charge in [-0.1, -0.05) is 60.3 Å². The molecule has 3 aromatic rings. The quantitative estimate of drug-likeness (QED) is 0.596. The van der Waals surface area contributed by atoms with Crippen molar-refractivity contribution in [1.29, 1.82) is 0 Å². The molecule has 0 N–H and O–H groups in total. The molecule has 0 bridgehead atoms. The Morgan fingerprint density at radius 3 is 2.64 bits per heavy atom. The third-order valence-corrected chi connectivity index (χ3v) is 6.17. The van der Waals surface area contributed by atoms with Gasteiger partial charge in [0, 0.05) is 25.2 Å². The van der Waals surface area contributed by atoms with Crippen LogP contribution in [-0.2, 0) is 24.2 Å². The van der Waals surface area contributed by atoms with Crippen LogP contribution in [0.4, 0.5) is 5.69 Å². The zero-order valence-corrected chi connectivity index (χ0v) is 17.0. The highest BCUT2D eigenvalue weighted by Gasteiger charge is 2.29. The third-order valence-electron chi connectivity index (χ3n) is 5.10. The Morgan fingerprint density at radius 2 is 1.86 bits per heavy atom. The minimum absolute atomic E-state index is 0.130. The van der Waals surface area contributed by atoms with Gasteiger partial charge in [-0.3, -0.25) is 4.79 Å². The standard InChI is InChI=1S/C22H24N4OS/c1-3-25-20(15-17-9-5-4-6-10-17)23-24-22(25)28-16(2)21(27)26-14-13-18-11-7-8-12-19(18)26/h4-12,16H,3,13-15H2,1-2H3/t16-/m1/s1. The van der Waals surface area contributed by atoms with E-state index >= 15 is 0 Å². The van der Waals surface area contributed by atoms with Crippen LogP contribution < -0.4 is 4.90 Å². The predicted octanol–water partition coefficient (Wildman–Crippen LogP) is 3.96. The average molecular weight is 393 g/mol. The fraction of sp³-hybridized carbons (Fsp3) is 0.318. The average Bonchev–Trinajstić information content (AvgIpc) is 3.32. The molecule has 0 fully saturated rings. The minimum atomic E-state index is -0.217. The minimum Gasteiger partial charge on any atom is -0.311 e. The predicted molar refractivity (Wildman–Crippen MR) is 113 cm³/mol. The van der Waals surface area contributed by atoms with Gasteiger partial charge in [0.1, 0.15) is 5.82 Å². The Bertz CT molecular complexity index is 970. The highest BCUT2D eigenvalue weighted by Crippen LogP contribution is 2.31. The van der Waals surface area contributed by atoms with Crippen LogP contribution in [0, 0.1) is 0 Å². The molecule has 0 saturated carbocycles. The van der Waals surface area contributed by atoms with Gasteiger partial charge in [-0.05, 0) is 37.5 Å². The summed E-state index contributed by atoms with van der Waals surface area (Å²) >= 11 is 1.49. The number of aromatic nitrogens is 3.